The summed E-state index contributed by atoms with van der Waals surface area (Å²) >= 11 is 5.78. The van der Waals surface area contributed by atoms with Crippen molar-refractivity contribution in [2.45, 2.75) is 31.2 Å². The second-order valence-electron chi connectivity index (χ2n) is 7.12. The van der Waals surface area contributed by atoms with Crippen LogP contribution < -0.4 is 15.4 Å². The lowest BCUT2D eigenvalue weighted by molar-refractivity contribution is -0.121. The SMILES string of the molecule is CC(C)(C)NC(=O)CNC(=O)c1ccc(S(=O)(=O)Nc2ccc(Cl)cc2)cc1. The van der Waals surface area contributed by atoms with E-state index in [-0.39, 0.29) is 22.9 Å². The van der Waals surface area contributed by atoms with Gasteiger partial charge in [0.2, 0.25) is 5.91 Å². The number of hydrogen-bond donors (Lipinski definition) is 3. The number of carbonyl (C=O) groups excluding carboxylic acids is 2. The number of rotatable bonds is 6. The Bertz CT molecular complexity index is 950. The van der Waals surface area contributed by atoms with E-state index in [9.17, 15) is 18.0 Å². The Morgan fingerprint density at radius 2 is 1.54 bits per heavy atom. The van der Waals surface area contributed by atoms with Crippen LogP contribution >= 0.6 is 11.6 Å². The molecule has 0 spiro atoms. The molecule has 9 heteroatoms. The molecule has 0 saturated heterocycles. The molecule has 0 aliphatic carbocycles. The van der Waals surface area contributed by atoms with Crippen LogP contribution in [0.2, 0.25) is 5.02 Å². The molecule has 150 valence electrons. The molecule has 2 rings (SSSR count). The molecule has 0 saturated carbocycles. The fourth-order valence-corrected chi connectivity index (χ4v) is 3.43. The summed E-state index contributed by atoms with van der Waals surface area (Å²) in [5, 5.41) is 5.72. The van der Waals surface area contributed by atoms with Gasteiger partial charge in [-0.15, -0.1) is 0 Å². The van der Waals surface area contributed by atoms with Crippen LogP contribution in [0, 0.1) is 0 Å². The monoisotopic (exact) mass is 423 g/mol. The average Bonchev–Trinajstić information content (AvgIpc) is 2.60. The van der Waals surface area contributed by atoms with E-state index >= 15 is 0 Å². The van der Waals surface area contributed by atoms with E-state index in [0.29, 0.717) is 10.7 Å². The molecule has 0 fully saturated rings. The summed E-state index contributed by atoms with van der Waals surface area (Å²) in [6, 6.07) is 11.6. The van der Waals surface area contributed by atoms with Crippen molar-refractivity contribution in [2.24, 2.45) is 0 Å². The number of halogens is 1. The lowest BCUT2D eigenvalue weighted by Gasteiger charge is -2.20. The summed E-state index contributed by atoms with van der Waals surface area (Å²) in [5.41, 5.74) is 0.222. The zero-order valence-corrected chi connectivity index (χ0v) is 17.3. The largest absolute Gasteiger partial charge is 0.350 e. The average molecular weight is 424 g/mol. The Hall–Kier alpha value is -2.58. The maximum Gasteiger partial charge on any atom is 0.261 e. The molecule has 2 aromatic carbocycles. The highest BCUT2D eigenvalue weighted by atomic mass is 35.5. The van der Waals surface area contributed by atoms with E-state index < -0.39 is 21.5 Å². The second kappa shape index (κ2) is 8.62. The van der Waals surface area contributed by atoms with Crippen LogP contribution in [0.1, 0.15) is 31.1 Å². The highest BCUT2D eigenvalue weighted by molar-refractivity contribution is 7.92. The van der Waals surface area contributed by atoms with Gasteiger partial charge in [0.15, 0.2) is 0 Å². The number of amides is 2. The zero-order chi connectivity index (χ0) is 20.9. The molecular formula is C19H22ClN3O4S. The normalized spacial score (nSPS) is 11.6. The lowest BCUT2D eigenvalue weighted by Crippen LogP contribution is -2.45. The Morgan fingerprint density at radius 3 is 2.07 bits per heavy atom. The molecule has 3 N–H and O–H groups in total. The molecule has 2 aromatic rings. The number of benzene rings is 2. The molecule has 0 aliphatic heterocycles. The number of anilines is 1. The fraction of sp³-hybridized carbons (Fsp3) is 0.263. The first-order chi connectivity index (χ1) is 13.0. The van der Waals surface area contributed by atoms with Crippen LogP contribution in [0.25, 0.3) is 0 Å². The first-order valence-electron chi connectivity index (χ1n) is 8.44. The molecular weight excluding hydrogens is 402 g/mol. The Morgan fingerprint density at radius 1 is 0.964 bits per heavy atom. The molecule has 0 atom stereocenters. The molecule has 0 aromatic heterocycles. The third-order valence-electron chi connectivity index (χ3n) is 3.45. The van der Waals surface area contributed by atoms with E-state index in [1.807, 2.05) is 20.8 Å². The van der Waals surface area contributed by atoms with Gasteiger partial charge in [0.05, 0.1) is 11.4 Å². The summed E-state index contributed by atoms with van der Waals surface area (Å²) in [5.74, 6) is -0.786. The molecule has 28 heavy (non-hydrogen) atoms. The first kappa shape index (κ1) is 21.7. The van der Waals surface area contributed by atoms with E-state index in [4.69, 9.17) is 11.6 Å². The highest BCUT2D eigenvalue weighted by Gasteiger charge is 2.17. The van der Waals surface area contributed by atoms with Crippen molar-refractivity contribution in [1.82, 2.24) is 10.6 Å². The van der Waals surface area contributed by atoms with Gasteiger partial charge in [-0.25, -0.2) is 8.42 Å². The van der Waals surface area contributed by atoms with Crippen molar-refractivity contribution in [3.8, 4) is 0 Å². The first-order valence-corrected chi connectivity index (χ1v) is 10.3. The van der Waals surface area contributed by atoms with Gasteiger partial charge in [-0.2, -0.15) is 0 Å². The summed E-state index contributed by atoms with van der Waals surface area (Å²) in [6.07, 6.45) is 0. The summed E-state index contributed by atoms with van der Waals surface area (Å²) in [4.78, 5) is 23.9. The lowest BCUT2D eigenvalue weighted by atomic mass is 10.1. The van der Waals surface area contributed by atoms with Gasteiger partial charge < -0.3 is 10.6 Å². The van der Waals surface area contributed by atoms with E-state index in [1.165, 1.54) is 24.3 Å². The van der Waals surface area contributed by atoms with Crippen LogP contribution in [-0.4, -0.2) is 32.3 Å². The number of nitrogens with one attached hydrogen (secondary N) is 3. The van der Waals surface area contributed by atoms with E-state index in [0.717, 1.165) is 0 Å². The van der Waals surface area contributed by atoms with E-state index in [2.05, 4.69) is 15.4 Å². The van der Waals surface area contributed by atoms with Crippen molar-refractivity contribution in [3.05, 3.63) is 59.1 Å². The van der Waals surface area contributed by atoms with Crippen LogP contribution in [-0.2, 0) is 14.8 Å². The van der Waals surface area contributed by atoms with Gasteiger partial charge in [-0.05, 0) is 69.3 Å². The zero-order valence-electron chi connectivity index (χ0n) is 15.7. The second-order valence-corrected chi connectivity index (χ2v) is 9.24. The smallest absolute Gasteiger partial charge is 0.261 e. The Kier molecular flexibility index (Phi) is 6.69. The third-order valence-corrected chi connectivity index (χ3v) is 5.10. The van der Waals surface area contributed by atoms with Gasteiger partial charge in [0, 0.05) is 21.8 Å². The quantitative estimate of drug-likeness (QED) is 0.664. The summed E-state index contributed by atoms with van der Waals surface area (Å²) in [6.45, 7) is 5.34. The van der Waals surface area contributed by atoms with Gasteiger partial charge >= 0.3 is 0 Å². The molecule has 0 heterocycles. The number of sulfonamides is 1. The Labute approximate surface area is 169 Å². The minimum absolute atomic E-state index is 0.00414. The van der Waals surface area contributed by atoms with Gasteiger partial charge in [-0.1, -0.05) is 11.6 Å². The van der Waals surface area contributed by atoms with E-state index in [1.54, 1.807) is 24.3 Å². The topological polar surface area (TPSA) is 104 Å². The number of carbonyl (C=O) groups is 2. The molecule has 0 bridgehead atoms. The predicted molar refractivity (Wildman–Crippen MR) is 109 cm³/mol. The molecule has 0 unspecified atom stereocenters. The Balaban J connectivity index is 2.00. The van der Waals surface area contributed by atoms with Gasteiger partial charge in [-0.3, -0.25) is 14.3 Å². The summed E-state index contributed by atoms with van der Waals surface area (Å²) in [7, 11) is -3.80. The minimum atomic E-state index is -3.80. The van der Waals surface area contributed by atoms with Gasteiger partial charge in [0.25, 0.3) is 15.9 Å². The molecule has 2 amide bonds. The fourth-order valence-electron chi connectivity index (χ4n) is 2.24. The minimum Gasteiger partial charge on any atom is -0.350 e. The molecule has 0 radical (unpaired) electrons. The summed E-state index contributed by atoms with van der Waals surface area (Å²) < 4.78 is 27.3. The number of hydrogen-bond acceptors (Lipinski definition) is 4. The predicted octanol–water partition coefficient (Wildman–Crippen LogP) is 2.79. The van der Waals surface area contributed by atoms with Crippen molar-refractivity contribution >= 4 is 39.1 Å². The maximum absolute atomic E-state index is 12.4. The van der Waals surface area contributed by atoms with Gasteiger partial charge in [0.1, 0.15) is 0 Å². The van der Waals surface area contributed by atoms with Crippen LogP contribution in [0.15, 0.2) is 53.4 Å². The van der Waals surface area contributed by atoms with Crippen molar-refractivity contribution in [2.75, 3.05) is 11.3 Å². The van der Waals surface area contributed by atoms with Crippen LogP contribution in [0.3, 0.4) is 0 Å². The maximum atomic E-state index is 12.4. The molecule has 7 nitrogen and oxygen atoms in total. The standard InChI is InChI=1S/C19H22ClN3O4S/c1-19(2,3)22-17(24)12-21-18(25)13-4-10-16(11-5-13)28(26,27)23-15-8-6-14(20)7-9-15/h4-11,23H,12H2,1-3H3,(H,21,25)(H,22,24). The van der Waals surface area contributed by atoms with Crippen LogP contribution in [0.5, 0.6) is 0 Å². The van der Waals surface area contributed by atoms with Crippen molar-refractivity contribution in [1.29, 1.82) is 0 Å². The third kappa shape index (κ3) is 6.54. The van der Waals surface area contributed by atoms with Crippen LogP contribution in [0.4, 0.5) is 5.69 Å². The van der Waals surface area contributed by atoms with Crippen molar-refractivity contribution < 1.29 is 18.0 Å². The molecule has 0 aliphatic rings. The van der Waals surface area contributed by atoms with Crippen molar-refractivity contribution in [3.63, 3.8) is 0 Å². The highest BCUT2D eigenvalue weighted by Crippen LogP contribution is 2.18.